The van der Waals surface area contributed by atoms with Crippen molar-refractivity contribution in [2.75, 3.05) is 19.6 Å². The van der Waals surface area contributed by atoms with Crippen molar-refractivity contribution in [3.05, 3.63) is 35.9 Å². The summed E-state index contributed by atoms with van der Waals surface area (Å²) >= 11 is 0. The van der Waals surface area contributed by atoms with E-state index in [0.717, 1.165) is 32.4 Å². The molecule has 130 valence electrons. The molecule has 1 spiro atoms. The Hall–Kier alpha value is -1.39. The number of amides is 1. The maximum absolute atomic E-state index is 12.9. The second-order valence-corrected chi connectivity index (χ2v) is 8.22. The Morgan fingerprint density at radius 1 is 1.17 bits per heavy atom. The van der Waals surface area contributed by atoms with Crippen LogP contribution in [0.1, 0.15) is 50.5 Å². The quantitative estimate of drug-likeness (QED) is 0.906. The first kappa shape index (κ1) is 16.1. The van der Waals surface area contributed by atoms with Gasteiger partial charge in [0.2, 0.25) is 5.91 Å². The largest absolute Gasteiger partial charge is 0.341 e. The van der Waals surface area contributed by atoms with E-state index in [0.29, 0.717) is 23.8 Å². The van der Waals surface area contributed by atoms with E-state index < -0.39 is 0 Å². The van der Waals surface area contributed by atoms with Crippen molar-refractivity contribution >= 4 is 5.91 Å². The fourth-order valence-electron chi connectivity index (χ4n) is 4.71. The minimum Gasteiger partial charge on any atom is -0.341 e. The highest BCUT2D eigenvalue weighted by Crippen LogP contribution is 2.53. The van der Waals surface area contributed by atoms with Gasteiger partial charge in [-0.2, -0.15) is 5.06 Å². The van der Waals surface area contributed by atoms with Gasteiger partial charge in [-0.15, -0.1) is 0 Å². The Kier molecular flexibility index (Phi) is 4.13. The Morgan fingerprint density at radius 2 is 1.92 bits per heavy atom. The lowest BCUT2D eigenvalue weighted by molar-refractivity contribution is -0.180. The van der Waals surface area contributed by atoms with E-state index in [-0.39, 0.29) is 11.9 Å². The van der Waals surface area contributed by atoms with Gasteiger partial charge >= 0.3 is 0 Å². The third-order valence-electron chi connectivity index (χ3n) is 6.49. The minimum absolute atomic E-state index is 0.131. The van der Waals surface area contributed by atoms with Crippen LogP contribution in [0.2, 0.25) is 0 Å². The van der Waals surface area contributed by atoms with Crippen LogP contribution >= 0.6 is 0 Å². The smallest absolute Gasteiger partial charge is 0.242 e. The summed E-state index contributed by atoms with van der Waals surface area (Å²) in [5.74, 6) is 1.11. The van der Waals surface area contributed by atoms with Crippen molar-refractivity contribution in [1.29, 1.82) is 0 Å². The summed E-state index contributed by atoms with van der Waals surface area (Å²) in [7, 11) is 0. The maximum atomic E-state index is 12.9. The van der Waals surface area contributed by atoms with E-state index >= 15 is 0 Å². The number of carbonyl (C=O) groups is 1. The normalized spacial score (nSPS) is 32.8. The molecule has 1 aliphatic carbocycles. The van der Waals surface area contributed by atoms with Crippen molar-refractivity contribution in [3.8, 4) is 0 Å². The number of carbonyl (C=O) groups excluding carboxylic acids is 1. The van der Waals surface area contributed by atoms with Crippen LogP contribution in [0.3, 0.4) is 0 Å². The van der Waals surface area contributed by atoms with Crippen molar-refractivity contribution in [3.63, 3.8) is 0 Å². The number of hydrogen-bond acceptors (Lipinski definition) is 3. The van der Waals surface area contributed by atoms with Crippen LogP contribution < -0.4 is 0 Å². The van der Waals surface area contributed by atoms with Gasteiger partial charge in [0, 0.05) is 19.6 Å². The summed E-state index contributed by atoms with van der Waals surface area (Å²) in [5, 5.41) is 11.7. The number of hydroxylamine groups is 2. The molecule has 1 N–H and O–H groups in total. The highest BCUT2D eigenvalue weighted by molar-refractivity contribution is 5.82. The van der Waals surface area contributed by atoms with E-state index in [2.05, 4.69) is 37.3 Å². The van der Waals surface area contributed by atoms with Gasteiger partial charge in [0.05, 0.1) is 0 Å². The van der Waals surface area contributed by atoms with E-state index in [1.54, 1.807) is 0 Å². The molecular formula is C20H28N2O2. The second-order valence-electron chi connectivity index (χ2n) is 8.22. The predicted molar refractivity (Wildman–Crippen MR) is 92.7 cm³/mol. The van der Waals surface area contributed by atoms with Gasteiger partial charge < -0.3 is 10.1 Å². The van der Waals surface area contributed by atoms with Crippen LogP contribution in [-0.4, -0.2) is 46.8 Å². The Balaban J connectivity index is 1.38. The van der Waals surface area contributed by atoms with Crippen molar-refractivity contribution in [1.82, 2.24) is 9.96 Å². The molecule has 3 atom stereocenters. The molecule has 1 aromatic rings. The minimum atomic E-state index is -0.322. The van der Waals surface area contributed by atoms with Crippen LogP contribution in [0.4, 0.5) is 0 Å². The fraction of sp³-hybridized carbons (Fsp3) is 0.650. The topological polar surface area (TPSA) is 43.8 Å². The lowest BCUT2D eigenvalue weighted by Gasteiger charge is -2.42. The molecule has 4 rings (SSSR count). The SMILES string of the molecule is CC1CN(C(=O)C2CCC3(CC3)CN2O)CCC1c1ccccc1. The number of benzene rings is 1. The molecule has 0 aromatic heterocycles. The summed E-state index contributed by atoms with van der Waals surface area (Å²) in [6, 6.07) is 10.3. The summed E-state index contributed by atoms with van der Waals surface area (Å²) in [6.45, 7) is 4.53. The summed E-state index contributed by atoms with van der Waals surface area (Å²) in [5.41, 5.74) is 1.72. The molecule has 1 saturated carbocycles. The first-order valence-corrected chi connectivity index (χ1v) is 9.37. The zero-order chi connectivity index (χ0) is 16.7. The second kappa shape index (κ2) is 6.16. The monoisotopic (exact) mass is 328 g/mol. The summed E-state index contributed by atoms with van der Waals surface area (Å²) in [4.78, 5) is 14.9. The average Bonchev–Trinajstić information content (AvgIpc) is 3.34. The van der Waals surface area contributed by atoms with E-state index in [1.165, 1.54) is 23.5 Å². The van der Waals surface area contributed by atoms with Crippen molar-refractivity contribution in [2.24, 2.45) is 11.3 Å². The Bertz CT molecular complexity index is 599. The van der Waals surface area contributed by atoms with Gasteiger partial charge in [0.1, 0.15) is 6.04 Å². The third-order valence-corrected chi connectivity index (χ3v) is 6.49. The third kappa shape index (κ3) is 2.98. The first-order valence-electron chi connectivity index (χ1n) is 9.37. The Labute approximate surface area is 144 Å². The molecule has 0 bridgehead atoms. The standard InChI is InChI=1S/C20H28N2O2/c1-15-13-21(12-8-17(15)16-5-3-2-4-6-16)19(23)18-7-9-20(10-11-20)14-22(18)24/h2-6,15,17-18,24H,7-14H2,1H3. The molecule has 3 fully saturated rings. The lowest BCUT2D eigenvalue weighted by Crippen LogP contribution is -2.54. The number of likely N-dealkylation sites (tertiary alicyclic amines) is 1. The highest BCUT2D eigenvalue weighted by Gasteiger charge is 2.50. The van der Waals surface area contributed by atoms with Gasteiger partial charge in [-0.3, -0.25) is 4.79 Å². The molecular weight excluding hydrogens is 300 g/mol. The summed E-state index contributed by atoms with van der Waals surface area (Å²) in [6.07, 6.45) is 5.34. The average molecular weight is 328 g/mol. The Morgan fingerprint density at radius 3 is 2.54 bits per heavy atom. The van der Waals surface area contributed by atoms with Crippen LogP contribution in [0.25, 0.3) is 0 Å². The molecule has 2 saturated heterocycles. The molecule has 1 amide bonds. The van der Waals surface area contributed by atoms with E-state index in [1.807, 2.05) is 4.90 Å². The fourth-order valence-corrected chi connectivity index (χ4v) is 4.71. The predicted octanol–water partition coefficient (Wildman–Crippen LogP) is 3.27. The van der Waals surface area contributed by atoms with Crippen molar-refractivity contribution < 1.29 is 10.0 Å². The van der Waals surface area contributed by atoms with Crippen LogP contribution in [0.15, 0.2) is 30.3 Å². The van der Waals surface area contributed by atoms with Gasteiger partial charge in [0.25, 0.3) is 0 Å². The maximum Gasteiger partial charge on any atom is 0.242 e. The number of rotatable bonds is 2. The molecule has 2 heterocycles. The lowest BCUT2D eigenvalue weighted by atomic mass is 9.81. The van der Waals surface area contributed by atoms with E-state index in [9.17, 15) is 10.0 Å². The molecule has 4 nitrogen and oxygen atoms in total. The molecule has 1 aromatic carbocycles. The molecule has 2 aliphatic heterocycles. The zero-order valence-corrected chi connectivity index (χ0v) is 14.5. The van der Waals surface area contributed by atoms with Crippen molar-refractivity contribution in [2.45, 2.75) is 51.0 Å². The molecule has 24 heavy (non-hydrogen) atoms. The van der Waals surface area contributed by atoms with Gasteiger partial charge in [0.15, 0.2) is 0 Å². The van der Waals surface area contributed by atoms with Gasteiger partial charge in [-0.1, -0.05) is 37.3 Å². The van der Waals surface area contributed by atoms with Crippen LogP contribution in [0, 0.1) is 11.3 Å². The van der Waals surface area contributed by atoms with E-state index in [4.69, 9.17) is 0 Å². The van der Waals surface area contributed by atoms with Crippen LogP contribution in [-0.2, 0) is 4.79 Å². The van der Waals surface area contributed by atoms with Crippen LogP contribution in [0.5, 0.6) is 0 Å². The number of hydrogen-bond donors (Lipinski definition) is 1. The molecule has 0 radical (unpaired) electrons. The molecule has 3 unspecified atom stereocenters. The molecule has 3 aliphatic rings. The number of piperidine rings is 2. The van der Waals surface area contributed by atoms with Gasteiger partial charge in [-0.25, -0.2) is 0 Å². The molecule has 4 heteroatoms. The zero-order valence-electron chi connectivity index (χ0n) is 14.5. The number of nitrogens with zero attached hydrogens (tertiary/aromatic N) is 2. The van der Waals surface area contributed by atoms with Gasteiger partial charge in [-0.05, 0) is 54.9 Å². The summed E-state index contributed by atoms with van der Waals surface area (Å²) < 4.78 is 0. The highest BCUT2D eigenvalue weighted by atomic mass is 16.5. The first-order chi connectivity index (χ1) is 11.6.